The fraction of sp³-hybridized carbons (Fsp3) is 0.222. The summed E-state index contributed by atoms with van der Waals surface area (Å²) < 4.78 is 1.20. The highest BCUT2D eigenvalue weighted by Crippen LogP contribution is 2.26. The number of hydrogen-bond acceptors (Lipinski definition) is 5. The lowest BCUT2D eigenvalue weighted by atomic mass is 10.1. The predicted molar refractivity (Wildman–Crippen MR) is 98.6 cm³/mol. The molecule has 0 aliphatic rings. The Balaban J connectivity index is 1.84. The van der Waals surface area contributed by atoms with Crippen molar-refractivity contribution < 1.29 is 14.7 Å². The minimum Gasteiger partial charge on any atom is -0.477 e. The third-order valence-electron chi connectivity index (χ3n) is 4.10. The summed E-state index contributed by atoms with van der Waals surface area (Å²) in [6.45, 7) is 3.25. The van der Waals surface area contributed by atoms with Crippen LogP contribution >= 0.6 is 11.3 Å². The van der Waals surface area contributed by atoms with Crippen LogP contribution in [0.4, 0.5) is 0 Å². The average Bonchev–Trinajstić information content (AvgIpc) is 2.96. The predicted octanol–water partition coefficient (Wildman–Crippen LogP) is 2.34. The van der Waals surface area contributed by atoms with Crippen molar-refractivity contribution in [2.24, 2.45) is 0 Å². The summed E-state index contributed by atoms with van der Waals surface area (Å²) in [5, 5.41) is 12.3. The van der Waals surface area contributed by atoms with Crippen LogP contribution < -0.4 is 10.9 Å². The number of aryl methyl sites for hydroxylation is 1. The van der Waals surface area contributed by atoms with Crippen LogP contribution in [0.1, 0.15) is 33.8 Å². The Labute approximate surface area is 152 Å². The third kappa shape index (κ3) is 3.36. The Hall–Kier alpha value is -3.00. The van der Waals surface area contributed by atoms with E-state index in [0.29, 0.717) is 10.4 Å². The quantitative estimate of drug-likeness (QED) is 0.717. The van der Waals surface area contributed by atoms with Crippen molar-refractivity contribution in [1.29, 1.82) is 0 Å². The Morgan fingerprint density at radius 2 is 2.00 bits per heavy atom. The molecule has 0 spiro atoms. The van der Waals surface area contributed by atoms with Gasteiger partial charge >= 0.3 is 5.97 Å². The minimum absolute atomic E-state index is 0.0875. The zero-order valence-corrected chi connectivity index (χ0v) is 15.0. The summed E-state index contributed by atoms with van der Waals surface area (Å²) in [6, 6.07) is 9.30. The molecule has 7 nitrogen and oxygen atoms in total. The normalized spacial score (nSPS) is 12.1. The van der Waals surface area contributed by atoms with Gasteiger partial charge in [0.15, 0.2) is 0 Å². The highest BCUT2D eigenvalue weighted by molar-refractivity contribution is 7.20. The number of carboxylic acids is 1. The largest absolute Gasteiger partial charge is 0.477 e. The van der Waals surface area contributed by atoms with Gasteiger partial charge in [0, 0.05) is 0 Å². The van der Waals surface area contributed by atoms with Gasteiger partial charge in [-0.05, 0) is 25.0 Å². The van der Waals surface area contributed by atoms with Crippen molar-refractivity contribution >= 4 is 33.4 Å². The second-order valence-electron chi connectivity index (χ2n) is 5.92. The molecule has 0 aliphatic carbocycles. The maximum atomic E-state index is 12.6. The molecular weight excluding hydrogens is 354 g/mol. The van der Waals surface area contributed by atoms with E-state index in [4.69, 9.17) is 0 Å². The zero-order valence-electron chi connectivity index (χ0n) is 14.2. The summed E-state index contributed by atoms with van der Waals surface area (Å²) in [5.41, 5.74) is 0.919. The van der Waals surface area contributed by atoms with Gasteiger partial charge in [-0.15, -0.1) is 11.3 Å². The van der Waals surface area contributed by atoms with Gasteiger partial charge < -0.3 is 10.4 Å². The first kappa shape index (κ1) is 17.8. The van der Waals surface area contributed by atoms with E-state index < -0.39 is 11.5 Å². The van der Waals surface area contributed by atoms with Crippen LogP contribution in [0.15, 0.2) is 41.5 Å². The van der Waals surface area contributed by atoms with Gasteiger partial charge in [-0.1, -0.05) is 30.3 Å². The molecule has 0 radical (unpaired) electrons. The van der Waals surface area contributed by atoms with Crippen molar-refractivity contribution in [2.45, 2.75) is 26.4 Å². The molecule has 134 valence electrons. The van der Waals surface area contributed by atoms with E-state index in [-0.39, 0.29) is 28.8 Å². The second-order valence-corrected chi connectivity index (χ2v) is 6.92. The number of nitrogens with zero attached hydrogens (tertiary/aromatic N) is 2. The summed E-state index contributed by atoms with van der Waals surface area (Å²) in [7, 11) is 0. The Morgan fingerprint density at radius 1 is 1.31 bits per heavy atom. The number of thiophene rings is 1. The van der Waals surface area contributed by atoms with Crippen molar-refractivity contribution in [3.05, 3.63) is 63.0 Å². The van der Waals surface area contributed by atoms with Crippen molar-refractivity contribution in [3.8, 4) is 0 Å². The first-order valence-corrected chi connectivity index (χ1v) is 8.76. The number of amides is 1. The fourth-order valence-corrected chi connectivity index (χ4v) is 3.72. The van der Waals surface area contributed by atoms with Gasteiger partial charge in [-0.2, -0.15) is 0 Å². The number of carbonyl (C=O) groups is 2. The van der Waals surface area contributed by atoms with E-state index in [9.17, 15) is 19.5 Å². The molecule has 26 heavy (non-hydrogen) atoms. The molecule has 0 saturated heterocycles. The molecule has 2 N–H and O–H groups in total. The van der Waals surface area contributed by atoms with E-state index in [1.165, 1.54) is 10.9 Å². The summed E-state index contributed by atoms with van der Waals surface area (Å²) in [4.78, 5) is 40.7. The first-order valence-electron chi connectivity index (χ1n) is 7.94. The van der Waals surface area contributed by atoms with E-state index in [1.807, 2.05) is 37.3 Å². The molecule has 1 amide bonds. The molecule has 0 fully saturated rings. The van der Waals surface area contributed by atoms with Crippen LogP contribution in [0.2, 0.25) is 0 Å². The Kier molecular flexibility index (Phi) is 4.85. The number of aromatic carboxylic acids is 1. The number of fused-ring (bicyclic) bond motifs is 1. The fourth-order valence-electron chi connectivity index (χ4n) is 2.74. The van der Waals surface area contributed by atoms with Crippen molar-refractivity contribution in [3.63, 3.8) is 0 Å². The lowest BCUT2D eigenvalue weighted by Gasteiger charge is -2.14. The number of benzene rings is 1. The van der Waals surface area contributed by atoms with Crippen LogP contribution in [0.5, 0.6) is 0 Å². The standard InChI is InChI=1S/C18H17N3O4S/c1-10-14-16(26-15(10)18(24)25)19-9-21(17(14)23)8-13(22)20-11(2)12-6-4-3-5-7-12/h3-7,9,11H,8H2,1-2H3,(H,20,22)(H,24,25). The molecule has 0 bridgehead atoms. The van der Waals surface area contributed by atoms with E-state index >= 15 is 0 Å². The lowest BCUT2D eigenvalue weighted by molar-refractivity contribution is -0.122. The number of hydrogen-bond donors (Lipinski definition) is 2. The maximum Gasteiger partial charge on any atom is 0.346 e. The molecule has 3 aromatic rings. The molecule has 1 aromatic carbocycles. The van der Waals surface area contributed by atoms with Crippen LogP contribution in [-0.4, -0.2) is 26.5 Å². The number of rotatable bonds is 5. The third-order valence-corrected chi connectivity index (χ3v) is 5.29. The molecule has 1 atom stereocenters. The van der Waals surface area contributed by atoms with E-state index in [1.54, 1.807) is 6.92 Å². The van der Waals surface area contributed by atoms with Crippen molar-refractivity contribution in [2.75, 3.05) is 0 Å². The SMILES string of the molecule is Cc1c(C(=O)O)sc2ncn(CC(=O)NC(C)c3ccccc3)c(=O)c12. The molecule has 2 aromatic heterocycles. The lowest BCUT2D eigenvalue weighted by Crippen LogP contribution is -2.34. The smallest absolute Gasteiger partial charge is 0.346 e. The van der Waals surface area contributed by atoms with Gasteiger partial charge in [0.2, 0.25) is 5.91 Å². The molecule has 3 rings (SSSR count). The average molecular weight is 371 g/mol. The summed E-state index contributed by atoms with van der Waals surface area (Å²) in [6.07, 6.45) is 1.28. The Morgan fingerprint density at radius 3 is 2.65 bits per heavy atom. The monoisotopic (exact) mass is 371 g/mol. The zero-order chi connectivity index (χ0) is 18.8. The highest BCUT2D eigenvalue weighted by Gasteiger charge is 2.19. The first-order chi connectivity index (χ1) is 12.4. The second kappa shape index (κ2) is 7.09. The van der Waals surface area contributed by atoms with Gasteiger partial charge in [-0.3, -0.25) is 14.2 Å². The van der Waals surface area contributed by atoms with Gasteiger partial charge in [0.05, 0.1) is 17.8 Å². The molecular formula is C18H17N3O4S. The van der Waals surface area contributed by atoms with Crippen LogP contribution in [0.25, 0.3) is 10.2 Å². The number of nitrogens with one attached hydrogen (secondary N) is 1. The molecule has 1 unspecified atom stereocenters. The number of aromatic nitrogens is 2. The molecule has 0 aliphatic heterocycles. The van der Waals surface area contributed by atoms with E-state index in [0.717, 1.165) is 16.9 Å². The molecule has 2 heterocycles. The number of carboxylic acid groups (broad SMARTS) is 1. The molecule has 8 heteroatoms. The summed E-state index contributed by atoms with van der Waals surface area (Å²) >= 11 is 0.957. The molecule has 0 saturated carbocycles. The van der Waals surface area contributed by atoms with E-state index in [2.05, 4.69) is 10.3 Å². The van der Waals surface area contributed by atoms with Gasteiger partial charge in [-0.25, -0.2) is 9.78 Å². The topological polar surface area (TPSA) is 101 Å². The number of carbonyl (C=O) groups excluding carboxylic acids is 1. The van der Waals surface area contributed by atoms with Crippen LogP contribution in [0, 0.1) is 6.92 Å². The highest BCUT2D eigenvalue weighted by atomic mass is 32.1. The van der Waals surface area contributed by atoms with Crippen LogP contribution in [0.3, 0.4) is 0 Å². The van der Waals surface area contributed by atoms with Gasteiger partial charge in [0.25, 0.3) is 5.56 Å². The Bertz CT molecular complexity index is 1040. The van der Waals surface area contributed by atoms with Gasteiger partial charge in [0.1, 0.15) is 16.3 Å². The minimum atomic E-state index is -1.09. The van der Waals surface area contributed by atoms with Crippen LogP contribution in [-0.2, 0) is 11.3 Å². The maximum absolute atomic E-state index is 12.6. The van der Waals surface area contributed by atoms with Crippen molar-refractivity contribution in [1.82, 2.24) is 14.9 Å². The summed E-state index contributed by atoms with van der Waals surface area (Å²) in [5.74, 6) is -1.41.